The van der Waals surface area contributed by atoms with E-state index in [9.17, 15) is 14.9 Å². The molecule has 4 heterocycles. The number of thiazole rings is 1. The quantitative estimate of drug-likeness (QED) is 0.124. The number of halogens is 1. The van der Waals surface area contributed by atoms with Crippen LogP contribution in [0, 0.1) is 10.1 Å². The molecule has 0 N–H and O–H groups in total. The Labute approximate surface area is 254 Å². The number of piperazine rings is 1. The molecule has 2 aromatic carbocycles. The second-order valence-electron chi connectivity index (χ2n) is 9.33. The van der Waals surface area contributed by atoms with Crippen molar-refractivity contribution in [2.75, 3.05) is 31.1 Å². The second-order valence-corrected chi connectivity index (χ2v) is 11.7. The van der Waals surface area contributed by atoms with Gasteiger partial charge < -0.3 is 9.80 Å². The highest BCUT2D eigenvalue weighted by atomic mass is 35.5. The number of hydrogen-bond donors (Lipinski definition) is 0. The highest BCUT2D eigenvalue weighted by Crippen LogP contribution is 2.31. The van der Waals surface area contributed by atoms with Crippen LogP contribution in [-0.4, -0.2) is 66.6 Å². The van der Waals surface area contributed by atoms with Crippen LogP contribution in [0.2, 0.25) is 5.02 Å². The van der Waals surface area contributed by atoms with Gasteiger partial charge >= 0.3 is 0 Å². The van der Waals surface area contributed by atoms with Gasteiger partial charge in [-0.15, -0.1) is 21.5 Å². The molecule has 1 aliphatic heterocycles. The molecule has 0 atom stereocenters. The van der Waals surface area contributed by atoms with Crippen molar-refractivity contribution in [3.05, 3.63) is 104 Å². The van der Waals surface area contributed by atoms with Crippen molar-refractivity contribution in [2.45, 2.75) is 10.9 Å². The van der Waals surface area contributed by atoms with Crippen molar-refractivity contribution < 1.29 is 9.72 Å². The van der Waals surface area contributed by atoms with Gasteiger partial charge in [0.25, 0.3) is 11.6 Å². The molecule has 14 heteroatoms. The summed E-state index contributed by atoms with van der Waals surface area (Å²) in [5, 5.41) is 23.7. The number of carbonyl (C=O) groups is 1. The minimum absolute atomic E-state index is 0.0590. The van der Waals surface area contributed by atoms with Gasteiger partial charge in [-0.1, -0.05) is 29.4 Å². The summed E-state index contributed by atoms with van der Waals surface area (Å²) in [6.07, 6.45) is 3.45. The Morgan fingerprint density at radius 1 is 1.02 bits per heavy atom. The van der Waals surface area contributed by atoms with Gasteiger partial charge in [0.1, 0.15) is 10.7 Å². The first kappa shape index (κ1) is 27.8. The molecular formula is C28H23ClN8O3S2. The van der Waals surface area contributed by atoms with Gasteiger partial charge in [0, 0.05) is 72.4 Å². The number of thioether (sulfide) groups is 1. The predicted octanol–water partition coefficient (Wildman–Crippen LogP) is 5.60. The van der Waals surface area contributed by atoms with Crippen LogP contribution in [-0.2, 0) is 5.75 Å². The molecule has 0 aliphatic carbocycles. The average molecular weight is 619 g/mol. The predicted molar refractivity (Wildman–Crippen MR) is 162 cm³/mol. The maximum absolute atomic E-state index is 13.2. The van der Waals surface area contributed by atoms with Crippen LogP contribution >= 0.6 is 34.7 Å². The lowest BCUT2D eigenvalue weighted by molar-refractivity contribution is -0.384. The van der Waals surface area contributed by atoms with Crippen LogP contribution in [0.5, 0.6) is 0 Å². The second kappa shape index (κ2) is 12.3. The summed E-state index contributed by atoms with van der Waals surface area (Å²) < 4.78 is 1.94. The van der Waals surface area contributed by atoms with Crippen molar-refractivity contribution in [1.29, 1.82) is 0 Å². The molecule has 1 aliphatic rings. The van der Waals surface area contributed by atoms with Crippen LogP contribution in [0.15, 0.2) is 83.6 Å². The lowest BCUT2D eigenvalue weighted by Gasteiger charge is -2.35. The van der Waals surface area contributed by atoms with E-state index in [1.54, 1.807) is 34.8 Å². The first-order chi connectivity index (χ1) is 20.5. The van der Waals surface area contributed by atoms with Crippen molar-refractivity contribution >= 4 is 52.0 Å². The summed E-state index contributed by atoms with van der Waals surface area (Å²) in [5.74, 6) is 1.06. The molecule has 0 unspecified atom stereocenters. The number of non-ortho nitro benzene ring substituents is 1. The molecule has 0 bridgehead atoms. The summed E-state index contributed by atoms with van der Waals surface area (Å²) in [6.45, 7) is 2.35. The molecule has 5 aromatic rings. The highest BCUT2D eigenvalue weighted by Gasteiger charge is 2.25. The molecule has 0 spiro atoms. The summed E-state index contributed by atoms with van der Waals surface area (Å²) in [7, 11) is 0. The van der Waals surface area contributed by atoms with E-state index in [4.69, 9.17) is 11.6 Å². The number of rotatable bonds is 8. The van der Waals surface area contributed by atoms with Crippen LogP contribution < -0.4 is 4.90 Å². The van der Waals surface area contributed by atoms with Crippen molar-refractivity contribution in [1.82, 2.24) is 29.6 Å². The Bertz CT molecular complexity index is 1720. The van der Waals surface area contributed by atoms with Gasteiger partial charge in [0.2, 0.25) is 0 Å². The molecule has 212 valence electrons. The van der Waals surface area contributed by atoms with Gasteiger partial charge in [-0.3, -0.25) is 24.5 Å². The zero-order chi connectivity index (χ0) is 29.1. The lowest BCUT2D eigenvalue weighted by atomic mass is 10.2. The monoisotopic (exact) mass is 618 g/mol. The summed E-state index contributed by atoms with van der Waals surface area (Å²) >= 11 is 9.21. The number of nitro groups is 1. The van der Waals surface area contributed by atoms with Gasteiger partial charge in [-0.2, -0.15) is 0 Å². The first-order valence-corrected chi connectivity index (χ1v) is 15.2. The van der Waals surface area contributed by atoms with Crippen LogP contribution in [0.4, 0.5) is 11.4 Å². The van der Waals surface area contributed by atoms with Gasteiger partial charge in [0.05, 0.1) is 16.4 Å². The highest BCUT2D eigenvalue weighted by molar-refractivity contribution is 7.98. The third kappa shape index (κ3) is 5.98. The summed E-state index contributed by atoms with van der Waals surface area (Å²) in [5.41, 5.74) is 3.04. The van der Waals surface area contributed by atoms with Gasteiger partial charge in [0.15, 0.2) is 11.0 Å². The normalized spacial score (nSPS) is 13.4. The molecule has 0 saturated carbocycles. The van der Waals surface area contributed by atoms with Crippen molar-refractivity contribution in [3.63, 3.8) is 0 Å². The average Bonchev–Trinajstić information content (AvgIpc) is 3.68. The van der Waals surface area contributed by atoms with E-state index in [2.05, 4.69) is 25.1 Å². The fourth-order valence-corrected chi connectivity index (χ4v) is 6.53. The van der Waals surface area contributed by atoms with E-state index in [1.165, 1.54) is 35.2 Å². The SMILES string of the molecule is O=C(c1csc(CSc2nnc(-c3cccnc3)n2-c2cccc(Cl)c2)n1)N1CCN(c2ccc([N+](=O)[O-])cc2)CC1. The molecule has 1 saturated heterocycles. The van der Waals surface area contributed by atoms with Crippen molar-refractivity contribution in [2.24, 2.45) is 0 Å². The molecule has 6 rings (SSSR count). The van der Waals surface area contributed by atoms with Gasteiger partial charge in [-0.05, 0) is 42.5 Å². The largest absolute Gasteiger partial charge is 0.368 e. The summed E-state index contributed by atoms with van der Waals surface area (Å²) in [4.78, 5) is 36.5. The molecular weight excluding hydrogens is 596 g/mol. The van der Waals surface area contributed by atoms with E-state index in [0.29, 0.717) is 53.6 Å². The Morgan fingerprint density at radius 3 is 2.55 bits per heavy atom. The first-order valence-electron chi connectivity index (χ1n) is 12.9. The molecule has 1 amide bonds. The zero-order valence-corrected chi connectivity index (χ0v) is 24.4. The third-order valence-electron chi connectivity index (χ3n) is 6.71. The minimum Gasteiger partial charge on any atom is -0.368 e. The number of anilines is 1. The maximum Gasteiger partial charge on any atom is 0.273 e. The van der Waals surface area contributed by atoms with E-state index in [-0.39, 0.29) is 11.6 Å². The van der Waals surface area contributed by atoms with E-state index in [1.807, 2.05) is 41.0 Å². The Kier molecular flexibility index (Phi) is 8.13. The number of hydrogen-bond acceptors (Lipinski definition) is 10. The maximum atomic E-state index is 13.2. The number of aromatic nitrogens is 5. The Morgan fingerprint density at radius 2 is 1.83 bits per heavy atom. The van der Waals surface area contributed by atoms with Crippen LogP contribution in [0.3, 0.4) is 0 Å². The molecule has 3 aromatic heterocycles. The van der Waals surface area contributed by atoms with Crippen molar-refractivity contribution in [3.8, 4) is 17.1 Å². The number of nitrogens with zero attached hydrogens (tertiary/aromatic N) is 8. The molecule has 42 heavy (non-hydrogen) atoms. The minimum atomic E-state index is -0.412. The number of amides is 1. The summed E-state index contributed by atoms with van der Waals surface area (Å²) in [6, 6.07) is 17.8. The van der Waals surface area contributed by atoms with Gasteiger partial charge in [-0.25, -0.2) is 4.98 Å². The smallest absolute Gasteiger partial charge is 0.273 e. The van der Waals surface area contributed by atoms with E-state index < -0.39 is 4.92 Å². The molecule has 1 fully saturated rings. The molecule has 0 radical (unpaired) electrons. The topological polar surface area (TPSA) is 123 Å². The standard InChI is InChI=1S/C28H23ClN8O3S2/c29-20-4-1-5-23(15-20)36-26(19-3-2-10-30-16-19)32-33-28(36)42-18-25-31-24(17-41-25)27(38)35-13-11-34(12-14-35)21-6-8-22(9-7-21)37(39)40/h1-10,15-17H,11-14,18H2. The van der Waals surface area contributed by atoms with E-state index in [0.717, 1.165) is 21.9 Å². The number of nitro benzene ring substituents is 1. The fourth-order valence-electron chi connectivity index (χ4n) is 4.61. The Hall–Kier alpha value is -4.33. The Balaban J connectivity index is 1.12. The van der Waals surface area contributed by atoms with Crippen LogP contribution in [0.25, 0.3) is 17.1 Å². The van der Waals surface area contributed by atoms with E-state index >= 15 is 0 Å². The lowest BCUT2D eigenvalue weighted by Crippen LogP contribution is -2.48. The van der Waals surface area contributed by atoms with Crippen LogP contribution in [0.1, 0.15) is 15.5 Å². The number of benzene rings is 2. The zero-order valence-electron chi connectivity index (χ0n) is 22.0. The fraction of sp³-hybridized carbons (Fsp3) is 0.179. The number of carbonyl (C=O) groups excluding carboxylic acids is 1. The number of pyridine rings is 1. The third-order valence-corrected chi connectivity index (χ3v) is 8.91. The molecule has 11 nitrogen and oxygen atoms in total.